The van der Waals surface area contributed by atoms with E-state index in [4.69, 9.17) is 16.9 Å². The van der Waals surface area contributed by atoms with Gasteiger partial charge in [0.2, 0.25) is 0 Å². The van der Waals surface area contributed by atoms with Crippen LogP contribution in [-0.2, 0) is 0 Å². The van der Waals surface area contributed by atoms with Gasteiger partial charge in [-0.25, -0.2) is 4.98 Å². The predicted octanol–water partition coefficient (Wildman–Crippen LogP) is 3.09. The molecule has 3 nitrogen and oxygen atoms in total. The van der Waals surface area contributed by atoms with Gasteiger partial charge in [0, 0.05) is 19.3 Å². The van der Waals surface area contributed by atoms with Crippen LogP contribution < -0.4 is 4.90 Å². The molecule has 2 atom stereocenters. The van der Waals surface area contributed by atoms with Crippen molar-refractivity contribution in [3.8, 4) is 6.07 Å². The van der Waals surface area contributed by atoms with Gasteiger partial charge in [-0.2, -0.15) is 5.26 Å². The normalized spacial score (nSPS) is 24.5. The number of hydrogen-bond donors (Lipinski definition) is 0. The molecule has 2 unspecified atom stereocenters. The van der Waals surface area contributed by atoms with Crippen molar-refractivity contribution in [2.45, 2.75) is 20.3 Å². The molecular formula is C13H16ClN3. The van der Waals surface area contributed by atoms with Crippen LogP contribution in [0.4, 0.5) is 5.82 Å². The predicted molar refractivity (Wildman–Crippen MR) is 69.1 cm³/mol. The monoisotopic (exact) mass is 249 g/mol. The fourth-order valence-electron chi connectivity index (χ4n) is 2.58. The van der Waals surface area contributed by atoms with E-state index in [1.54, 1.807) is 12.3 Å². The highest BCUT2D eigenvalue weighted by molar-refractivity contribution is 6.34. The molecule has 2 heterocycles. The average molecular weight is 250 g/mol. The number of aromatic nitrogens is 1. The van der Waals surface area contributed by atoms with Crippen molar-refractivity contribution in [2.24, 2.45) is 11.8 Å². The molecule has 0 amide bonds. The molecule has 1 aliphatic heterocycles. The third-order valence-electron chi connectivity index (χ3n) is 3.16. The van der Waals surface area contributed by atoms with Gasteiger partial charge in [0.1, 0.15) is 16.9 Å². The average Bonchev–Trinajstić information content (AvgIpc) is 2.28. The van der Waals surface area contributed by atoms with E-state index in [9.17, 15) is 0 Å². The van der Waals surface area contributed by atoms with Gasteiger partial charge < -0.3 is 4.90 Å². The van der Waals surface area contributed by atoms with Crippen molar-refractivity contribution in [2.75, 3.05) is 18.0 Å². The number of piperidine rings is 1. The number of rotatable bonds is 1. The molecule has 0 aromatic carbocycles. The Labute approximate surface area is 107 Å². The largest absolute Gasteiger partial charge is 0.355 e. The molecule has 0 spiro atoms. The molecule has 1 aliphatic rings. The van der Waals surface area contributed by atoms with E-state index in [0.29, 0.717) is 22.4 Å². The van der Waals surface area contributed by atoms with Gasteiger partial charge in [-0.1, -0.05) is 25.4 Å². The second kappa shape index (κ2) is 4.93. The molecule has 1 aromatic rings. The first kappa shape index (κ1) is 12.2. The van der Waals surface area contributed by atoms with Crippen LogP contribution >= 0.6 is 11.6 Å². The smallest absolute Gasteiger partial charge is 0.148 e. The van der Waals surface area contributed by atoms with E-state index in [2.05, 4.69) is 29.8 Å². The van der Waals surface area contributed by atoms with E-state index in [1.165, 1.54) is 6.42 Å². The zero-order chi connectivity index (χ0) is 12.4. The van der Waals surface area contributed by atoms with E-state index >= 15 is 0 Å². The first-order valence-electron chi connectivity index (χ1n) is 5.91. The van der Waals surface area contributed by atoms with E-state index in [0.717, 1.165) is 18.9 Å². The molecule has 1 fully saturated rings. The Balaban J connectivity index is 2.31. The summed E-state index contributed by atoms with van der Waals surface area (Å²) in [7, 11) is 0. The number of halogens is 1. The van der Waals surface area contributed by atoms with Crippen LogP contribution in [-0.4, -0.2) is 18.1 Å². The van der Waals surface area contributed by atoms with E-state index < -0.39 is 0 Å². The first-order chi connectivity index (χ1) is 8.11. The SMILES string of the molecule is CC1CC(C)CN(c2nccc(C#N)c2Cl)C1. The Morgan fingerprint density at radius 3 is 2.65 bits per heavy atom. The van der Waals surface area contributed by atoms with Crippen LogP contribution in [0.15, 0.2) is 12.3 Å². The Bertz CT molecular complexity index is 442. The van der Waals surface area contributed by atoms with Crippen molar-refractivity contribution in [1.82, 2.24) is 4.98 Å². The molecule has 4 heteroatoms. The van der Waals surface area contributed by atoms with Crippen LogP contribution in [0, 0.1) is 23.2 Å². The number of nitriles is 1. The van der Waals surface area contributed by atoms with Crippen molar-refractivity contribution in [3.05, 3.63) is 22.8 Å². The number of pyridine rings is 1. The van der Waals surface area contributed by atoms with Crippen molar-refractivity contribution < 1.29 is 0 Å². The zero-order valence-corrected chi connectivity index (χ0v) is 10.9. The van der Waals surface area contributed by atoms with E-state index in [-0.39, 0.29) is 0 Å². The summed E-state index contributed by atoms with van der Waals surface area (Å²) in [5.41, 5.74) is 0.502. The third-order valence-corrected chi connectivity index (χ3v) is 3.53. The number of hydrogen-bond acceptors (Lipinski definition) is 3. The lowest BCUT2D eigenvalue weighted by Crippen LogP contribution is -2.39. The molecule has 0 bridgehead atoms. The highest BCUT2D eigenvalue weighted by Crippen LogP contribution is 2.31. The Kier molecular flexibility index (Phi) is 3.54. The van der Waals surface area contributed by atoms with Crippen LogP contribution in [0.1, 0.15) is 25.8 Å². The van der Waals surface area contributed by atoms with Crippen LogP contribution in [0.25, 0.3) is 0 Å². The van der Waals surface area contributed by atoms with Gasteiger partial charge in [0.25, 0.3) is 0 Å². The minimum atomic E-state index is 0.483. The molecule has 17 heavy (non-hydrogen) atoms. The Morgan fingerprint density at radius 1 is 1.41 bits per heavy atom. The highest BCUT2D eigenvalue weighted by Gasteiger charge is 2.24. The maximum absolute atomic E-state index is 8.96. The Morgan fingerprint density at radius 2 is 2.06 bits per heavy atom. The van der Waals surface area contributed by atoms with Gasteiger partial charge in [-0.3, -0.25) is 0 Å². The van der Waals surface area contributed by atoms with Crippen molar-refractivity contribution >= 4 is 17.4 Å². The molecule has 0 saturated carbocycles. The summed E-state index contributed by atoms with van der Waals surface area (Å²) in [5, 5.41) is 9.45. The van der Waals surface area contributed by atoms with Gasteiger partial charge in [0.05, 0.1) is 5.56 Å². The summed E-state index contributed by atoms with van der Waals surface area (Å²) in [4.78, 5) is 6.52. The third kappa shape index (κ3) is 2.53. The zero-order valence-electron chi connectivity index (χ0n) is 10.2. The maximum atomic E-state index is 8.96. The lowest BCUT2D eigenvalue weighted by atomic mass is 9.92. The minimum absolute atomic E-state index is 0.483. The quantitative estimate of drug-likeness (QED) is 0.768. The first-order valence-corrected chi connectivity index (χ1v) is 6.29. The maximum Gasteiger partial charge on any atom is 0.148 e. The topological polar surface area (TPSA) is 39.9 Å². The van der Waals surface area contributed by atoms with Crippen LogP contribution in [0.3, 0.4) is 0 Å². The second-order valence-electron chi connectivity index (χ2n) is 4.96. The van der Waals surface area contributed by atoms with Crippen molar-refractivity contribution in [1.29, 1.82) is 5.26 Å². The Hall–Kier alpha value is -1.27. The highest BCUT2D eigenvalue weighted by atomic mass is 35.5. The molecule has 1 aromatic heterocycles. The molecular weight excluding hydrogens is 234 g/mol. The van der Waals surface area contributed by atoms with Gasteiger partial charge >= 0.3 is 0 Å². The summed E-state index contributed by atoms with van der Waals surface area (Å²) in [6.45, 7) is 6.41. The fraction of sp³-hybridized carbons (Fsp3) is 0.538. The van der Waals surface area contributed by atoms with Crippen molar-refractivity contribution in [3.63, 3.8) is 0 Å². The van der Waals surface area contributed by atoms with Gasteiger partial charge in [0.15, 0.2) is 0 Å². The second-order valence-corrected chi connectivity index (χ2v) is 5.34. The summed E-state index contributed by atoms with van der Waals surface area (Å²) >= 11 is 6.21. The summed E-state index contributed by atoms with van der Waals surface area (Å²) in [5.74, 6) is 2.04. The number of nitrogens with zero attached hydrogens (tertiary/aromatic N) is 3. The van der Waals surface area contributed by atoms with Gasteiger partial charge in [-0.15, -0.1) is 0 Å². The molecule has 2 rings (SSSR count). The van der Waals surface area contributed by atoms with Gasteiger partial charge in [-0.05, 0) is 24.3 Å². The fourth-order valence-corrected chi connectivity index (χ4v) is 2.85. The minimum Gasteiger partial charge on any atom is -0.355 e. The van der Waals surface area contributed by atoms with E-state index in [1.807, 2.05) is 0 Å². The standard InChI is InChI=1S/C13H16ClN3/c1-9-5-10(2)8-17(7-9)13-12(14)11(6-15)3-4-16-13/h3-4,9-10H,5,7-8H2,1-2H3. The molecule has 0 N–H and O–H groups in total. The molecule has 0 radical (unpaired) electrons. The molecule has 1 saturated heterocycles. The lowest BCUT2D eigenvalue weighted by Gasteiger charge is -2.36. The van der Waals surface area contributed by atoms with Crippen LogP contribution in [0.2, 0.25) is 5.02 Å². The number of anilines is 1. The lowest BCUT2D eigenvalue weighted by molar-refractivity contribution is 0.355. The van der Waals surface area contributed by atoms with Crippen LogP contribution in [0.5, 0.6) is 0 Å². The summed E-state index contributed by atoms with van der Waals surface area (Å²) in [6, 6.07) is 3.75. The summed E-state index contributed by atoms with van der Waals surface area (Å²) in [6.07, 6.45) is 2.90. The summed E-state index contributed by atoms with van der Waals surface area (Å²) < 4.78 is 0. The molecule has 90 valence electrons. The molecule has 0 aliphatic carbocycles.